The molecule has 2 unspecified atom stereocenters. The molecule has 4 nitrogen and oxygen atoms in total. The van der Waals surface area contributed by atoms with Crippen molar-refractivity contribution in [3.63, 3.8) is 0 Å². The fraction of sp³-hybridized carbons (Fsp3) is 0.615. The molecule has 0 heterocycles. The minimum absolute atomic E-state index is 0.00721. The molecule has 0 spiro atoms. The topological polar surface area (TPSA) is 60.4 Å². The van der Waals surface area contributed by atoms with Gasteiger partial charge in [0.2, 0.25) is 0 Å². The van der Waals surface area contributed by atoms with Crippen LogP contribution in [0.25, 0.3) is 0 Å². The van der Waals surface area contributed by atoms with E-state index in [0.29, 0.717) is 0 Å². The molecular weight excluding hydrogens is 220 g/mol. The molecule has 1 aliphatic rings. The van der Waals surface area contributed by atoms with Gasteiger partial charge in [0.05, 0.1) is 6.61 Å². The predicted octanol–water partition coefficient (Wildman–Crippen LogP) is 1.68. The summed E-state index contributed by atoms with van der Waals surface area (Å²) in [6.45, 7) is 5.78. The van der Waals surface area contributed by atoms with Crippen LogP contribution in [0.4, 0.5) is 0 Å². The number of rotatable bonds is 5. The van der Waals surface area contributed by atoms with E-state index in [1.807, 2.05) is 13.8 Å². The Balaban J connectivity index is 2.48. The Kier molecular flexibility index (Phi) is 4.61. The Morgan fingerprint density at radius 3 is 2.53 bits per heavy atom. The summed E-state index contributed by atoms with van der Waals surface area (Å²) in [5.41, 5.74) is 1.00. The summed E-state index contributed by atoms with van der Waals surface area (Å²) in [5.74, 6) is -0.949. The van der Waals surface area contributed by atoms with Gasteiger partial charge in [-0.1, -0.05) is 12.5 Å². The van der Waals surface area contributed by atoms with Gasteiger partial charge < -0.3 is 4.74 Å². The van der Waals surface area contributed by atoms with E-state index < -0.39 is 5.97 Å². The minimum atomic E-state index is -0.514. The van der Waals surface area contributed by atoms with Crippen LogP contribution in [-0.4, -0.2) is 24.1 Å². The molecule has 0 aromatic heterocycles. The molecule has 1 aliphatic carbocycles. The highest BCUT2D eigenvalue weighted by molar-refractivity contribution is 6.01. The van der Waals surface area contributed by atoms with Crippen LogP contribution in [0.1, 0.15) is 33.6 Å². The molecule has 0 saturated carbocycles. The predicted molar refractivity (Wildman–Crippen MR) is 62.3 cm³/mol. The van der Waals surface area contributed by atoms with Crippen LogP contribution in [-0.2, 0) is 19.1 Å². The number of hydrogen-bond acceptors (Lipinski definition) is 4. The number of ketones is 2. The zero-order valence-electron chi connectivity index (χ0n) is 10.5. The number of esters is 1. The van der Waals surface area contributed by atoms with Gasteiger partial charge in [-0.25, -0.2) is 0 Å². The molecule has 0 fully saturated rings. The number of ether oxygens (including phenoxy) is 1. The van der Waals surface area contributed by atoms with Crippen LogP contribution in [0.15, 0.2) is 11.6 Å². The number of Topliss-reactive ketones (excluding diaryl/α,β-unsaturated/α-hetero) is 1. The van der Waals surface area contributed by atoms with Gasteiger partial charge in [-0.3, -0.25) is 14.4 Å². The summed E-state index contributed by atoms with van der Waals surface area (Å²) in [6, 6.07) is 0. The largest absolute Gasteiger partial charge is 0.466 e. The fourth-order valence-electron chi connectivity index (χ4n) is 1.99. The number of carbonyl (C=O) groups excluding carboxylic acids is 3. The van der Waals surface area contributed by atoms with Crippen molar-refractivity contribution in [2.45, 2.75) is 33.6 Å². The van der Waals surface area contributed by atoms with Gasteiger partial charge in [0.25, 0.3) is 0 Å². The molecule has 1 rings (SSSR count). The molecule has 0 bridgehead atoms. The van der Waals surface area contributed by atoms with Gasteiger partial charge in [0.1, 0.15) is 12.2 Å². The van der Waals surface area contributed by atoms with E-state index >= 15 is 0 Å². The summed E-state index contributed by atoms with van der Waals surface area (Å²) >= 11 is 0. The first-order valence-electron chi connectivity index (χ1n) is 5.85. The summed E-state index contributed by atoms with van der Waals surface area (Å²) in [4.78, 5) is 34.3. The number of hydrogen-bond donors (Lipinski definition) is 0. The lowest BCUT2D eigenvalue weighted by Crippen LogP contribution is -2.21. The molecule has 0 saturated heterocycles. The van der Waals surface area contributed by atoms with Gasteiger partial charge in [-0.15, -0.1) is 0 Å². The summed E-state index contributed by atoms with van der Waals surface area (Å²) in [5, 5.41) is 0. The second-order valence-electron chi connectivity index (χ2n) is 4.41. The Bertz CT molecular complexity index is 368. The van der Waals surface area contributed by atoms with E-state index in [1.54, 1.807) is 13.0 Å². The van der Waals surface area contributed by atoms with Crippen LogP contribution in [0.3, 0.4) is 0 Å². The van der Waals surface area contributed by atoms with E-state index in [1.165, 1.54) is 0 Å². The molecular formula is C13H18O4. The lowest BCUT2D eigenvalue weighted by Gasteiger charge is -2.14. The quantitative estimate of drug-likeness (QED) is 0.540. The van der Waals surface area contributed by atoms with Crippen LogP contribution in [0.5, 0.6) is 0 Å². The van der Waals surface area contributed by atoms with E-state index in [-0.39, 0.29) is 42.9 Å². The second-order valence-corrected chi connectivity index (χ2v) is 4.41. The zero-order valence-corrected chi connectivity index (χ0v) is 10.5. The lowest BCUT2D eigenvalue weighted by atomic mass is 9.88. The monoisotopic (exact) mass is 238 g/mol. The van der Waals surface area contributed by atoms with E-state index in [0.717, 1.165) is 5.57 Å². The van der Waals surface area contributed by atoms with Crippen molar-refractivity contribution >= 4 is 17.5 Å². The van der Waals surface area contributed by atoms with Gasteiger partial charge in [-0.2, -0.15) is 0 Å². The van der Waals surface area contributed by atoms with Crippen LogP contribution in [0, 0.1) is 11.8 Å². The summed E-state index contributed by atoms with van der Waals surface area (Å²) < 4.78 is 4.69. The Hall–Kier alpha value is -1.45. The van der Waals surface area contributed by atoms with E-state index in [2.05, 4.69) is 0 Å². The van der Waals surface area contributed by atoms with Crippen molar-refractivity contribution in [1.82, 2.24) is 0 Å². The molecule has 0 N–H and O–H groups in total. The standard InChI is InChI=1S/C13H18O4/c1-4-17-13(16)7-10(14)6-11-9(3)8(2)5-12(11)15/h5,9,11H,4,6-7H2,1-3H3. The molecule has 4 heteroatoms. The smallest absolute Gasteiger partial charge is 0.313 e. The molecule has 0 aromatic rings. The Morgan fingerprint density at radius 1 is 1.41 bits per heavy atom. The summed E-state index contributed by atoms with van der Waals surface area (Å²) in [7, 11) is 0. The first-order valence-corrected chi connectivity index (χ1v) is 5.85. The normalized spacial score (nSPS) is 23.5. The SMILES string of the molecule is CCOC(=O)CC(=O)CC1C(=O)C=C(C)C1C. The average Bonchev–Trinajstić information content (AvgIpc) is 2.45. The Labute approximate surface area is 101 Å². The molecule has 2 atom stereocenters. The maximum Gasteiger partial charge on any atom is 0.313 e. The van der Waals surface area contributed by atoms with Gasteiger partial charge in [-0.05, 0) is 25.8 Å². The average molecular weight is 238 g/mol. The van der Waals surface area contributed by atoms with Crippen molar-refractivity contribution in [2.75, 3.05) is 6.61 Å². The van der Waals surface area contributed by atoms with Crippen molar-refractivity contribution < 1.29 is 19.1 Å². The third kappa shape index (κ3) is 3.51. The first-order chi connectivity index (χ1) is 7.95. The first kappa shape index (κ1) is 13.6. The van der Waals surface area contributed by atoms with Crippen molar-refractivity contribution in [3.8, 4) is 0 Å². The number of carbonyl (C=O) groups is 3. The molecule has 94 valence electrons. The third-order valence-electron chi connectivity index (χ3n) is 3.15. The lowest BCUT2D eigenvalue weighted by molar-refractivity contribution is -0.146. The molecule has 0 aromatic carbocycles. The minimum Gasteiger partial charge on any atom is -0.466 e. The van der Waals surface area contributed by atoms with E-state index in [4.69, 9.17) is 4.74 Å². The van der Waals surface area contributed by atoms with Crippen molar-refractivity contribution in [2.24, 2.45) is 11.8 Å². The van der Waals surface area contributed by atoms with Gasteiger partial charge in [0, 0.05) is 12.3 Å². The molecule has 0 amide bonds. The van der Waals surface area contributed by atoms with Gasteiger partial charge >= 0.3 is 5.97 Å². The van der Waals surface area contributed by atoms with Crippen molar-refractivity contribution in [3.05, 3.63) is 11.6 Å². The Morgan fingerprint density at radius 2 is 2.06 bits per heavy atom. The fourth-order valence-corrected chi connectivity index (χ4v) is 1.99. The third-order valence-corrected chi connectivity index (χ3v) is 3.15. The molecule has 0 aliphatic heterocycles. The maximum absolute atomic E-state index is 11.6. The molecule has 17 heavy (non-hydrogen) atoms. The highest BCUT2D eigenvalue weighted by Crippen LogP contribution is 2.31. The van der Waals surface area contributed by atoms with Crippen LogP contribution < -0.4 is 0 Å². The van der Waals surface area contributed by atoms with E-state index in [9.17, 15) is 14.4 Å². The second kappa shape index (κ2) is 5.75. The summed E-state index contributed by atoms with van der Waals surface area (Å²) in [6.07, 6.45) is 1.49. The highest BCUT2D eigenvalue weighted by atomic mass is 16.5. The number of allylic oxidation sites excluding steroid dienone is 2. The zero-order chi connectivity index (χ0) is 13.0. The molecule has 0 radical (unpaired) electrons. The van der Waals surface area contributed by atoms with Crippen LogP contribution in [0.2, 0.25) is 0 Å². The maximum atomic E-state index is 11.6. The van der Waals surface area contributed by atoms with Crippen molar-refractivity contribution in [1.29, 1.82) is 0 Å². The van der Waals surface area contributed by atoms with Gasteiger partial charge in [0.15, 0.2) is 5.78 Å². The highest BCUT2D eigenvalue weighted by Gasteiger charge is 2.32. The van der Waals surface area contributed by atoms with Crippen LogP contribution >= 0.6 is 0 Å².